The number of hydrogen-bond donors (Lipinski definition) is 0. The van der Waals surface area contributed by atoms with Crippen LogP contribution in [0, 0.1) is 29.1 Å². The van der Waals surface area contributed by atoms with Crippen LogP contribution in [-0.2, 0) is 5.41 Å². The molecule has 3 heterocycles. The predicted molar refractivity (Wildman–Crippen MR) is 193 cm³/mol. The molecule has 5 aliphatic rings. The molecule has 0 radical (unpaired) electrons. The number of pyridine rings is 1. The highest BCUT2D eigenvalue weighted by molar-refractivity contribution is 7.26. The molecule has 0 amide bonds. The van der Waals surface area contributed by atoms with Gasteiger partial charge in [-0.1, -0.05) is 78.9 Å². The molecule has 4 fully saturated rings. The van der Waals surface area contributed by atoms with Crippen molar-refractivity contribution >= 4 is 31.5 Å². The molecular weight excluding hydrogens is 605 g/mol. The van der Waals surface area contributed by atoms with Gasteiger partial charge in [-0.3, -0.25) is 4.98 Å². The van der Waals surface area contributed by atoms with Crippen LogP contribution in [0.4, 0.5) is 0 Å². The molecule has 4 nitrogen and oxygen atoms in total. The van der Waals surface area contributed by atoms with Gasteiger partial charge in [0.1, 0.15) is 0 Å². The third kappa shape index (κ3) is 3.13. The molecule has 5 aliphatic carbocycles. The fraction of sp³-hybridized carbons (Fsp3) is 0.256. The van der Waals surface area contributed by atoms with Gasteiger partial charge in [0, 0.05) is 54.0 Å². The first-order valence-electron chi connectivity index (χ1n) is 17.5. The summed E-state index contributed by atoms with van der Waals surface area (Å²) in [6, 6.07) is 37.2. The minimum Gasteiger partial charge on any atom is -0.256 e. The topological polar surface area (TPSA) is 51.6 Å². The Morgan fingerprint density at radius 1 is 0.604 bits per heavy atom. The van der Waals surface area contributed by atoms with E-state index in [2.05, 4.69) is 97.1 Å². The van der Waals surface area contributed by atoms with Crippen LogP contribution >= 0.6 is 11.3 Å². The monoisotopic (exact) mass is 636 g/mol. The van der Waals surface area contributed by atoms with E-state index >= 15 is 0 Å². The second-order valence-electron chi connectivity index (χ2n) is 15.1. The number of thiophene rings is 1. The Kier molecular flexibility index (Phi) is 4.94. The Labute approximate surface area is 283 Å². The van der Waals surface area contributed by atoms with Gasteiger partial charge in [-0.25, -0.2) is 15.0 Å². The van der Waals surface area contributed by atoms with Gasteiger partial charge in [0.25, 0.3) is 0 Å². The van der Waals surface area contributed by atoms with Crippen molar-refractivity contribution in [3.63, 3.8) is 0 Å². The molecule has 2 spiro atoms. The lowest BCUT2D eigenvalue weighted by molar-refractivity contribution is -0.0194. The van der Waals surface area contributed by atoms with Crippen molar-refractivity contribution in [2.75, 3.05) is 0 Å². The molecule has 3 bridgehead atoms. The summed E-state index contributed by atoms with van der Waals surface area (Å²) in [5.74, 6) is 5.47. The molecule has 12 rings (SSSR count). The van der Waals surface area contributed by atoms with Crippen LogP contribution in [0.15, 0.2) is 109 Å². The SMILES string of the molecule is c1ccc(-c2nc(-c3ccc4c(c3)-c3ncccc3C43C4CC5CC6CC3[C@@]6(C5)C4)nc(-c3cccc4c3sc3ccccc34)n2)cc1. The van der Waals surface area contributed by atoms with Gasteiger partial charge in [0.15, 0.2) is 17.5 Å². The normalized spacial score (nSPS) is 28.6. The van der Waals surface area contributed by atoms with Crippen LogP contribution in [0.1, 0.15) is 43.2 Å². The van der Waals surface area contributed by atoms with Crippen molar-refractivity contribution in [3.8, 4) is 45.4 Å². The molecule has 5 unspecified atom stereocenters. The average molecular weight is 637 g/mol. The number of nitrogens with zero attached hydrogens (tertiary/aromatic N) is 4. The summed E-state index contributed by atoms with van der Waals surface area (Å²) >= 11 is 1.81. The molecule has 4 aromatic carbocycles. The molecule has 0 saturated heterocycles. The van der Waals surface area contributed by atoms with Crippen LogP contribution in [0.2, 0.25) is 0 Å². The first-order chi connectivity index (χ1) is 23.7. The maximum atomic E-state index is 5.26. The molecule has 5 heteroatoms. The molecule has 4 saturated carbocycles. The van der Waals surface area contributed by atoms with E-state index in [4.69, 9.17) is 19.9 Å². The quantitative estimate of drug-likeness (QED) is 0.194. The highest BCUT2D eigenvalue weighted by Gasteiger charge is 2.77. The molecule has 3 aromatic heterocycles. The minimum absolute atomic E-state index is 0.111. The first-order valence-corrected chi connectivity index (χ1v) is 18.4. The second-order valence-corrected chi connectivity index (χ2v) is 16.2. The van der Waals surface area contributed by atoms with Crippen LogP contribution < -0.4 is 0 Å². The van der Waals surface area contributed by atoms with Gasteiger partial charge in [0.2, 0.25) is 0 Å². The Bertz CT molecular complexity index is 2500. The maximum Gasteiger partial charge on any atom is 0.165 e. The molecule has 230 valence electrons. The number of aromatic nitrogens is 4. The third-order valence-corrected chi connectivity index (χ3v) is 14.5. The minimum atomic E-state index is 0.111. The van der Waals surface area contributed by atoms with Gasteiger partial charge in [-0.05, 0) is 96.6 Å². The van der Waals surface area contributed by atoms with Crippen molar-refractivity contribution in [3.05, 3.63) is 120 Å². The molecule has 48 heavy (non-hydrogen) atoms. The fourth-order valence-corrected chi connectivity index (χ4v) is 13.0. The molecule has 7 aromatic rings. The summed E-state index contributed by atoms with van der Waals surface area (Å²) < 4.78 is 2.49. The zero-order valence-electron chi connectivity index (χ0n) is 26.4. The lowest BCUT2D eigenvalue weighted by Gasteiger charge is -2.54. The van der Waals surface area contributed by atoms with Crippen LogP contribution in [0.5, 0.6) is 0 Å². The van der Waals surface area contributed by atoms with E-state index in [1.165, 1.54) is 74.7 Å². The standard InChI is InChI=1S/C43H32N4S/c1-2-8-25(9-3-1)39-45-40(47-41(46-39)31-12-6-11-30-29-10-4-5-14-35(29)48-38(30)31)26-15-16-33-32(20-26)37-34(13-7-17-44-37)43(33)28-19-24-18-27-21-36(43)42(27,22-24)23-28/h1-17,20,24,27-28,36H,18-19,21-23H2/t24?,27?,28?,36?,42-,43?/m0/s1. The largest absolute Gasteiger partial charge is 0.256 e. The second kappa shape index (κ2) is 9.03. The fourth-order valence-electron chi connectivity index (χ4n) is 11.7. The van der Waals surface area contributed by atoms with Crippen LogP contribution in [0.3, 0.4) is 0 Å². The Hall–Kier alpha value is -4.74. The molecular formula is C43H32N4S. The zero-order valence-corrected chi connectivity index (χ0v) is 27.3. The van der Waals surface area contributed by atoms with Gasteiger partial charge >= 0.3 is 0 Å². The summed E-state index contributed by atoms with van der Waals surface area (Å²) in [4.78, 5) is 20.7. The summed E-state index contributed by atoms with van der Waals surface area (Å²) in [6.07, 6.45) is 9.12. The van der Waals surface area contributed by atoms with E-state index in [0.29, 0.717) is 22.9 Å². The van der Waals surface area contributed by atoms with E-state index in [-0.39, 0.29) is 5.41 Å². The highest BCUT2D eigenvalue weighted by atomic mass is 32.1. The predicted octanol–water partition coefficient (Wildman–Crippen LogP) is 10.4. The van der Waals surface area contributed by atoms with Gasteiger partial charge in [0.05, 0.1) is 5.69 Å². The molecule has 0 aliphatic heterocycles. The summed E-state index contributed by atoms with van der Waals surface area (Å²) in [5.41, 5.74) is 9.24. The van der Waals surface area contributed by atoms with Crippen molar-refractivity contribution in [2.45, 2.75) is 37.5 Å². The Morgan fingerprint density at radius 2 is 1.42 bits per heavy atom. The van der Waals surface area contributed by atoms with E-state index in [1.54, 1.807) is 0 Å². The van der Waals surface area contributed by atoms with Crippen molar-refractivity contribution < 1.29 is 0 Å². The number of benzene rings is 4. The third-order valence-electron chi connectivity index (χ3n) is 13.3. The Morgan fingerprint density at radius 3 is 2.35 bits per heavy atom. The van der Waals surface area contributed by atoms with Crippen molar-refractivity contribution in [2.24, 2.45) is 29.1 Å². The lowest BCUT2D eigenvalue weighted by Crippen LogP contribution is -2.50. The summed E-state index contributed by atoms with van der Waals surface area (Å²) in [6.45, 7) is 0. The van der Waals surface area contributed by atoms with Crippen LogP contribution in [0.25, 0.3) is 65.6 Å². The average Bonchev–Trinajstić information content (AvgIpc) is 3.77. The zero-order chi connectivity index (χ0) is 31.2. The van der Waals surface area contributed by atoms with Gasteiger partial charge in [-0.15, -0.1) is 11.3 Å². The van der Waals surface area contributed by atoms with Gasteiger partial charge < -0.3 is 0 Å². The van der Waals surface area contributed by atoms with Crippen molar-refractivity contribution in [1.29, 1.82) is 0 Å². The highest BCUT2D eigenvalue weighted by Crippen LogP contribution is 2.83. The number of rotatable bonds is 3. The molecule has 0 N–H and O–H groups in total. The maximum absolute atomic E-state index is 5.26. The Balaban J connectivity index is 1.07. The van der Waals surface area contributed by atoms with Gasteiger partial charge in [-0.2, -0.15) is 0 Å². The van der Waals surface area contributed by atoms with E-state index in [1.807, 2.05) is 23.6 Å². The van der Waals surface area contributed by atoms with Crippen LogP contribution in [-0.4, -0.2) is 19.9 Å². The van der Waals surface area contributed by atoms with E-state index in [9.17, 15) is 0 Å². The van der Waals surface area contributed by atoms with E-state index in [0.717, 1.165) is 40.4 Å². The number of fused-ring (bicyclic) bond motifs is 12. The number of hydrogen-bond acceptors (Lipinski definition) is 5. The lowest BCUT2D eigenvalue weighted by atomic mass is 9.49. The summed E-state index contributed by atoms with van der Waals surface area (Å²) in [7, 11) is 0. The smallest absolute Gasteiger partial charge is 0.165 e. The van der Waals surface area contributed by atoms with E-state index < -0.39 is 0 Å². The first kappa shape index (κ1) is 26.2. The summed E-state index contributed by atoms with van der Waals surface area (Å²) in [5, 5.41) is 2.52. The molecule has 6 atom stereocenters. The van der Waals surface area contributed by atoms with Crippen molar-refractivity contribution in [1.82, 2.24) is 19.9 Å².